The average molecular weight is 309 g/mol. The molecule has 0 bridgehead atoms. The van der Waals surface area contributed by atoms with Gasteiger partial charge >= 0.3 is 5.97 Å². The normalized spacial score (nSPS) is 11.0. The summed E-state index contributed by atoms with van der Waals surface area (Å²) in [6.07, 6.45) is 23.1. The number of esters is 1. The van der Waals surface area contributed by atoms with Crippen LogP contribution < -0.4 is 0 Å². The van der Waals surface area contributed by atoms with Crippen molar-refractivity contribution in [3.63, 3.8) is 0 Å². The largest absolute Gasteiger partial charge is 0.466 e. The lowest BCUT2D eigenvalue weighted by Gasteiger charge is -2.01. The van der Waals surface area contributed by atoms with Gasteiger partial charge in [-0.1, -0.05) is 56.8 Å². The van der Waals surface area contributed by atoms with Crippen LogP contribution in [0.3, 0.4) is 0 Å². The Morgan fingerprint density at radius 1 is 0.773 bits per heavy atom. The first kappa shape index (κ1) is 20.9. The first-order valence-electron chi connectivity index (χ1n) is 9.16. The highest BCUT2D eigenvalue weighted by atomic mass is 16.5. The second kappa shape index (κ2) is 18.0. The van der Waals surface area contributed by atoms with Crippen LogP contribution in [0.2, 0.25) is 0 Å². The SMILES string of the molecule is C=CCCCCCCCCCC/C=C\CCCCOC(C)=O. The maximum absolute atomic E-state index is 10.6. The Balaban J connectivity index is 3.08. The summed E-state index contributed by atoms with van der Waals surface area (Å²) in [5.74, 6) is -0.174. The van der Waals surface area contributed by atoms with E-state index in [1.165, 1.54) is 71.1 Å². The lowest BCUT2D eigenvalue weighted by molar-refractivity contribution is -0.141. The molecule has 0 unspecified atom stereocenters. The molecule has 0 atom stereocenters. The maximum atomic E-state index is 10.6. The fourth-order valence-electron chi connectivity index (χ4n) is 2.43. The second-order valence-electron chi connectivity index (χ2n) is 6.00. The number of carbonyl (C=O) groups is 1. The van der Waals surface area contributed by atoms with Crippen molar-refractivity contribution in [3.05, 3.63) is 24.8 Å². The van der Waals surface area contributed by atoms with Crippen LogP contribution in [0.25, 0.3) is 0 Å². The Bertz CT molecular complexity index is 281. The summed E-state index contributed by atoms with van der Waals surface area (Å²) in [4.78, 5) is 10.6. The minimum absolute atomic E-state index is 0.174. The number of hydrogen-bond donors (Lipinski definition) is 0. The third kappa shape index (κ3) is 18.9. The first-order chi connectivity index (χ1) is 10.8. The molecule has 0 radical (unpaired) electrons. The predicted octanol–water partition coefficient (Wildman–Crippen LogP) is 6.36. The number of allylic oxidation sites excluding steroid dienone is 3. The van der Waals surface area contributed by atoms with Gasteiger partial charge < -0.3 is 4.74 Å². The van der Waals surface area contributed by atoms with Crippen LogP contribution in [0.1, 0.15) is 90.4 Å². The van der Waals surface area contributed by atoms with E-state index in [4.69, 9.17) is 4.74 Å². The summed E-state index contributed by atoms with van der Waals surface area (Å²) in [6.45, 7) is 5.78. The van der Waals surface area contributed by atoms with Gasteiger partial charge in [0.1, 0.15) is 0 Å². The van der Waals surface area contributed by atoms with Crippen LogP contribution in [0.4, 0.5) is 0 Å². The molecular formula is C20H36O2. The topological polar surface area (TPSA) is 26.3 Å². The van der Waals surface area contributed by atoms with Gasteiger partial charge in [-0.05, 0) is 44.9 Å². The van der Waals surface area contributed by atoms with Gasteiger partial charge in [0.05, 0.1) is 6.61 Å². The number of rotatable bonds is 16. The van der Waals surface area contributed by atoms with Crippen LogP contribution in [-0.4, -0.2) is 12.6 Å². The standard InChI is InChI=1S/C20H36O2/c1-3-4-5-6-7-8-9-10-11-12-13-14-15-16-17-18-19-22-20(2)21/h3,14-15H,1,4-13,16-19H2,2H3/b15-14-. The third-order valence-corrected chi connectivity index (χ3v) is 3.77. The predicted molar refractivity (Wildman–Crippen MR) is 96.0 cm³/mol. The quantitative estimate of drug-likeness (QED) is 0.188. The highest BCUT2D eigenvalue weighted by molar-refractivity contribution is 5.65. The van der Waals surface area contributed by atoms with E-state index in [0.717, 1.165) is 19.3 Å². The van der Waals surface area contributed by atoms with Crippen LogP contribution in [0, 0.1) is 0 Å². The molecule has 0 aliphatic carbocycles. The summed E-state index contributed by atoms with van der Waals surface area (Å²) < 4.78 is 4.89. The molecule has 2 heteroatoms. The first-order valence-corrected chi connectivity index (χ1v) is 9.16. The Morgan fingerprint density at radius 2 is 1.23 bits per heavy atom. The van der Waals surface area contributed by atoms with Gasteiger partial charge in [0, 0.05) is 6.92 Å². The second-order valence-corrected chi connectivity index (χ2v) is 6.00. The van der Waals surface area contributed by atoms with Crippen LogP contribution in [-0.2, 0) is 9.53 Å². The van der Waals surface area contributed by atoms with E-state index in [0.29, 0.717) is 6.61 Å². The zero-order chi connectivity index (χ0) is 16.3. The smallest absolute Gasteiger partial charge is 0.302 e. The summed E-state index contributed by atoms with van der Waals surface area (Å²) in [6, 6.07) is 0. The zero-order valence-electron chi connectivity index (χ0n) is 14.7. The highest BCUT2D eigenvalue weighted by Gasteiger charge is 1.92. The Labute approximate surface area is 138 Å². The molecule has 0 amide bonds. The minimum Gasteiger partial charge on any atom is -0.466 e. The van der Waals surface area contributed by atoms with Crippen molar-refractivity contribution >= 4 is 5.97 Å². The van der Waals surface area contributed by atoms with E-state index in [-0.39, 0.29) is 5.97 Å². The van der Waals surface area contributed by atoms with Gasteiger partial charge in [0.15, 0.2) is 0 Å². The number of hydrogen-bond acceptors (Lipinski definition) is 2. The van der Waals surface area contributed by atoms with Crippen molar-refractivity contribution in [1.82, 2.24) is 0 Å². The number of ether oxygens (including phenoxy) is 1. The summed E-state index contributed by atoms with van der Waals surface area (Å²) in [7, 11) is 0. The monoisotopic (exact) mass is 308 g/mol. The highest BCUT2D eigenvalue weighted by Crippen LogP contribution is 2.11. The molecule has 0 aromatic carbocycles. The van der Waals surface area contributed by atoms with Crippen molar-refractivity contribution in [3.8, 4) is 0 Å². The number of carbonyl (C=O) groups excluding carboxylic acids is 1. The molecule has 0 N–H and O–H groups in total. The summed E-state index contributed by atoms with van der Waals surface area (Å²) in [5.41, 5.74) is 0. The van der Waals surface area contributed by atoms with E-state index in [1.807, 2.05) is 6.08 Å². The van der Waals surface area contributed by atoms with E-state index >= 15 is 0 Å². The van der Waals surface area contributed by atoms with E-state index in [1.54, 1.807) is 0 Å². The molecule has 0 aromatic heterocycles. The molecule has 0 fully saturated rings. The minimum atomic E-state index is -0.174. The molecule has 0 heterocycles. The molecule has 0 aliphatic heterocycles. The molecule has 0 saturated heterocycles. The molecule has 2 nitrogen and oxygen atoms in total. The molecule has 0 saturated carbocycles. The zero-order valence-corrected chi connectivity index (χ0v) is 14.7. The molecule has 128 valence electrons. The van der Waals surface area contributed by atoms with Crippen LogP contribution >= 0.6 is 0 Å². The lowest BCUT2D eigenvalue weighted by atomic mass is 10.1. The molecule has 0 rings (SSSR count). The summed E-state index contributed by atoms with van der Waals surface area (Å²) >= 11 is 0. The van der Waals surface area contributed by atoms with Crippen LogP contribution in [0.15, 0.2) is 24.8 Å². The van der Waals surface area contributed by atoms with Crippen molar-refractivity contribution in [2.45, 2.75) is 90.4 Å². The molecule has 0 spiro atoms. The molecular weight excluding hydrogens is 272 g/mol. The van der Waals surface area contributed by atoms with Crippen molar-refractivity contribution < 1.29 is 9.53 Å². The average Bonchev–Trinajstić information content (AvgIpc) is 2.50. The van der Waals surface area contributed by atoms with Gasteiger partial charge in [-0.15, -0.1) is 6.58 Å². The fraction of sp³-hybridized carbons (Fsp3) is 0.750. The van der Waals surface area contributed by atoms with E-state index < -0.39 is 0 Å². The van der Waals surface area contributed by atoms with Gasteiger partial charge in [-0.2, -0.15) is 0 Å². The van der Waals surface area contributed by atoms with Gasteiger partial charge in [-0.3, -0.25) is 4.79 Å². The van der Waals surface area contributed by atoms with Crippen LogP contribution in [0.5, 0.6) is 0 Å². The fourth-order valence-corrected chi connectivity index (χ4v) is 2.43. The van der Waals surface area contributed by atoms with E-state index in [9.17, 15) is 4.79 Å². The summed E-state index contributed by atoms with van der Waals surface area (Å²) in [5, 5.41) is 0. The Morgan fingerprint density at radius 3 is 1.73 bits per heavy atom. The van der Waals surface area contributed by atoms with E-state index in [2.05, 4.69) is 18.7 Å². The molecule has 0 aliphatic rings. The lowest BCUT2D eigenvalue weighted by Crippen LogP contribution is -1.99. The van der Waals surface area contributed by atoms with Crippen molar-refractivity contribution in [2.75, 3.05) is 6.61 Å². The van der Waals surface area contributed by atoms with Gasteiger partial charge in [-0.25, -0.2) is 0 Å². The number of unbranched alkanes of at least 4 members (excludes halogenated alkanes) is 11. The van der Waals surface area contributed by atoms with Gasteiger partial charge in [0.2, 0.25) is 0 Å². The Hall–Kier alpha value is -1.05. The van der Waals surface area contributed by atoms with Crippen molar-refractivity contribution in [2.24, 2.45) is 0 Å². The molecule has 22 heavy (non-hydrogen) atoms. The molecule has 0 aromatic rings. The van der Waals surface area contributed by atoms with Gasteiger partial charge in [0.25, 0.3) is 0 Å². The Kier molecular flexibility index (Phi) is 17.1. The third-order valence-electron chi connectivity index (χ3n) is 3.77. The maximum Gasteiger partial charge on any atom is 0.302 e. The van der Waals surface area contributed by atoms with Crippen molar-refractivity contribution in [1.29, 1.82) is 0 Å².